The fourth-order valence-corrected chi connectivity index (χ4v) is 1.70. The van der Waals surface area contributed by atoms with Gasteiger partial charge in [0, 0.05) is 19.1 Å². The third-order valence-corrected chi connectivity index (χ3v) is 2.96. The van der Waals surface area contributed by atoms with Crippen molar-refractivity contribution in [3.05, 3.63) is 0 Å². The van der Waals surface area contributed by atoms with Gasteiger partial charge in [-0.25, -0.2) is 0 Å². The van der Waals surface area contributed by atoms with E-state index < -0.39 is 0 Å². The number of likely N-dealkylation sites (tertiary alicyclic amines) is 1. The minimum absolute atomic E-state index is 0.106. The summed E-state index contributed by atoms with van der Waals surface area (Å²) < 4.78 is 0. The SMILES string of the molecule is CCC(C)NCC(=O)N1CCCC(O)C1. The van der Waals surface area contributed by atoms with Gasteiger partial charge in [-0.2, -0.15) is 0 Å². The van der Waals surface area contributed by atoms with Crippen molar-refractivity contribution in [2.75, 3.05) is 19.6 Å². The average Bonchev–Trinajstić information content (AvgIpc) is 2.25. The van der Waals surface area contributed by atoms with Gasteiger partial charge >= 0.3 is 0 Å². The lowest BCUT2D eigenvalue weighted by Crippen LogP contribution is -2.46. The van der Waals surface area contributed by atoms with Crippen LogP contribution >= 0.6 is 0 Å². The Labute approximate surface area is 91.6 Å². The predicted molar refractivity (Wildman–Crippen MR) is 59.6 cm³/mol. The molecule has 1 aliphatic heterocycles. The number of piperidine rings is 1. The van der Waals surface area contributed by atoms with Crippen LogP contribution in [0.5, 0.6) is 0 Å². The summed E-state index contributed by atoms with van der Waals surface area (Å²) in [5, 5.41) is 12.6. The van der Waals surface area contributed by atoms with Crippen LogP contribution in [0.4, 0.5) is 0 Å². The molecule has 0 spiro atoms. The Morgan fingerprint density at radius 2 is 2.40 bits per heavy atom. The van der Waals surface area contributed by atoms with Crippen LogP contribution in [0.3, 0.4) is 0 Å². The molecule has 0 aromatic carbocycles. The van der Waals surface area contributed by atoms with Crippen molar-refractivity contribution >= 4 is 5.91 Å². The van der Waals surface area contributed by atoms with E-state index in [0.29, 0.717) is 19.1 Å². The third-order valence-electron chi connectivity index (χ3n) is 2.96. The van der Waals surface area contributed by atoms with Crippen molar-refractivity contribution in [3.63, 3.8) is 0 Å². The number of nitrogens with one attached hydrogen (secondary N) is 1. The molecule has 4 heteroatoms. The maximum Gasteiger partial charge on any atom is 0.236 e. The van der Waals surface area contributed by atoms with Crippen LogP contribution < -0.4 is 5.32 Å². The Hall–Kier alpha value is -0.610. The van der Waals surface area contributed by atoms with Gasteiger partial charge in [0.05, 0.1) is 12.6 Å². The highest BCUT2D eigenvalue weighted by Crippen LogP contribution is 2.09. The van der Waals surface area contributed by atoms with Crippen LogP contribution in [-0.4, -0.2) is 47.7 Å². The summed E-state index contributed by atoms with van der Waals surface area (Å²) in [6.07, 6.45) is 2.43. The molecule has 2 unspecified atom stereocenters. The molecule has 1 rings (SSSR count). The summed E-state index contributed by atoms with van der Waals surface area (Å²) in [5.41, 5.74) is 0. The van der Waals surface area contributed by atoms with E-state index in [1.54, 1.807) is 4.90 Å². The van der Waals surface area contributed by atoms with Crippen LogP contribution in [0.2, 0.25) is 0 Å². The van der Waals surface area contributed by atoms with E-state index in [1.807, 2.05) is 0 Å². The number of nitrogens with zero attached hydrogens (tertiary/aromatic N) is 1. The molecule has 0 aromatic rings. The number of amides is 1. The van der Waals surface area contributed by atoms with Crippen LogP contribution in [0.15, 0.2) is 0 Å². The molecular formula is C11H22N2O2. The first-order valence-electron chi connectivity index (χ1n) is 5.82. The minimum Gasteiger partial charge on any atom is -0.391 e. The number of carbonyl (C=O) groups is 1. The molecule has 1 amide bonds. The topological polar surface area (TPSA) is 52.6 Å². The monoisotopic (exact) mass is 214 g/mol. The molecule has 15 heavy (non-hydrogen) atoms. The first kappa shape index (κ1) is 12.5. The molecule has 4 nitrogen and oxygen atoms in total. The Bertz CT molecular complexity index is 209. The second kappa shape index (κ2) is 6.08. The molecule has 0 aliphatic carbocycles. The van der Waals surface area contributed by atoms with E-state index in [9.17, 15) is 9.90 Å². The third kappa shape index (κ3) is 4.18. The van der Waals surface area contributed by atoms with Gasteiger partial charge in [-0.05, 0) is 26.2 Å². The summed E-state index contributed by atoms with van der Waals surface area (Å²) in [6, 6.07) is 0.378. The molecule has 0 saturated carbocycles. The second-order valence-electron chi connectivity index (χ2n) is 4.33. The first-order valence-corrected chi connectivity index (χ1v) is 5.82. The van der Waals surface area contributed by atoms with Crippen molar-refractivity contribution in [2.45, 2.75) is 45.3 Å². The van der Waals surface area contributed by atoms with E-state index >= 15 is 0 Å². The van der Waals surface area contributed by atoms with E-state index in [0.717, 1.165) is 25.8 Å². The lowest BCUT2D eigenvalue weighted by atomic mass is 10.1. The van der Waals surface area contributed by atoms with E-state index in [2.05, 4.69) is 19.2 Å². The number of aliphatic hydroxyl groups excluding tert-OH is 1. The quantitative estimate of drug-likeness (QED) is 0.710. The summed E-state index contributed by atoms with van der Waals surface area (Å²) in [6.45, 7) is 5.84. The average molecular weight is 214 g/mol. The van der Waals surface area contributed by atoms with E-state index in [-0.39, 0.29) is 12.0 Å². The molecule has 2 atom stereocenters. The van der Waals surface area contributed by atoms with Gasteiger partial charge in [0.1, 0.15) is 0 Å². The summed E-state index contributed by atoms with van der Waals surface area (Å²) in [5.74, 6) is 0.106. The van der Waals surface area contributed by atoms with Crippen molar-refractivity contribution in [1.29, 1.82) is 0 Å². The molecule has 1 saturated heterocycles. The van der Waals surface area contributed by atoms with Crippen LogP contribution in [0.1, 0.15) is 33.1 Å². The molecule has 88 valence electrons. The zero-order chi connectivity index (χ0) is 11.3. The van der Waals surface area contributed by atoms with Crippen molar-refractivity contribution in [2.24, 2.45) is 0 Å². The van der Waals surface area contributed by atoms with Gasteiger partial charge in [-0.3, -0.25) is 4.79 Å². The van der Waals surface area contributed by atoms with E-state index in [1.165, 1.54) is 0 Å². The Morgan fingerprint density at radius 3 is 3.00 bits per heavy atom. The number of aliphatic hydroxyl groups is 1. The van der Waals surface area contributed by atoms with E-state index in [4.69, 9.17) is 0 Å². The Kier molecular flexibility index (Phi) is 5.05. The largest absolute Gasteiger partial charge is 0.391 e. The van der Waals surface area contributed by atoms with Gasteiger partial charge in [0.25, 0.3) is 0 Å². The van der Waals surface area contributed by atoms with Gasteiger partial charge in [0.2, 0.25) is 5.91 Å². The number of hydrogen-bond donors (Lipinski definition) is 2. The smallest absolute Gasteiger partial charge is 0.236 e. The van der Waals surface area contributed by atoms with Gasteiger partial charge < -0.3 is 15.3 Å². The van der Waals surface area contributed by atoms with Gasteiger partial charge in [-0.15, -0.1) is 0 Å². The zero-order valence-electron chi connectivity index (χ0n) is 9.70. The number of carbonyl (C=O) groups excluding carboxylic acids is 1. The fourth-order valence-electron chi connectivity index (χ4n) is 1.70. The molecule has 0 aromatic heterocycles. The molecule has 1 fully saturated rings. The van der Waals surface area contributed by atoms with Crippen molar-refractivity contribution < 1.29 is 9.90 Å². The normalized spacial score (nSPS) is 23.9. The Morgan fingerprint density at radius 1 is 1.67 bits per heavy atom. The first-order chi connectivity index (χ1) is 7.13. The minimum atomic E-state index is -0.328. The van der Waals surface area contributed by atoms with Crippen LogP contribution in [0.25, 0.3) is 0 Å². The molecule has 1 heterocycles. The maximum absolute atomic E-state index is 11.7. The second-order valence-corrected chi connectivity index (χ2v) is 4.33. The zero-order valence-corrected chi connectivity index (χ0v) is 9.70. The number of β-amino-alcohol motifs (C(OH)–C–C–N with tert-alkyl or cyclic N) is 1. The van der Waals surface area contributed by atoms with Crippen LogP contribution in [-0.2, 0) is 4.79 Å². The highest BCUT2D eigenvalue weighted by molar-refractivity contribution is 5.78. The summed E-state index contributed by atoms with van der Waals surface area (Å²) in [4.78, 5) is 13.5. The lowest BCUT2D eigenvalue weighted by Gasteiger charge is -2.30. The molecule has 1 aliphatic rings. The standard InChI is InChI=1S/C11H22N2O2/c1-3-9(2)12-7-11(15)13-6-4-5-10(14)8-13/h9-10,12,14H,3-8H2,1-2H3. The number of hydrogen-bond acceptors (Lipinski definition) is 3. The van der Waals surface area contributed by atoms with Crippen LogP contribution in [0, 0.1) is 0 Å². The molecule has 2 N–H and O–H groups in total. The predicted octanol–water partition coefficient (Wildman–Crippen LogP) is 0.358. The molecule has 0 radical (unpaired) electrons. The van der Waals surface area contributed by atoms with Crippen molar-refractivity contribution in [1.82, 2.24) is 10.2 Å². The van der Waals surface area contributed by atoms with Gasteiger partial charge in [0.15, 0.2) is 0 Å². The molecule has 0 bridgehead atoms. The highest BCUT2D eigenvalue weighted by atomic mass is 16.3. The Balaban J connectivity index is 2.26. The van der Waals surface area contributed by atoms with Gasteiger partial charge in [-0.1, -0.05) is 6.92 Å². The number of rotatable bonds is 4. The highest BCUT2D eigenvalue weighted by Gasteiger charge is 2.21. The van der Waals surface area contributed by atoms with Crippen molar-refractivity contribution in [3.8, 4) is 0 Å². The lowest BCUT2D eigenvalue weighted by molar-refractivity contribution is -0.133. The summed E-state index contributed by atoms with van der Waals surface area (Å²) >= 11 is 0. The fraction of sp³-hybridized carbons (Fsp3) is 0.909. The summed E-state index contributed by atoms with van der Waals surface area (Å²) in [7, 11) is 0. The molecular weight excluding hydrogens is 192 g/mol. The maximum atomic E-state index is 11.7.